The third-order valence-electron chi connectivity index (χ3n) is 4.24. The van der Waals surface area contributed by atoms with E-state index in [-0.39, 0.29) is 24.0 Å². The summed E-state index contributed by atoms with van der Waals surface area (Å²) in [6.45, 7) is 7.28. The number of aliphatic imine (C=N–C) groups is 1. The van der Waals surface area contributed by atoms with Gasteiger partial charge in [-0.25, -0.2) is 0 Å². The highest BCUT2D eigenvalue weighted by Gasteiger charge is 2.15. The van der Waals surface area contributed by atoms with Crippen molar-refractivity contribution in [2.24, 2.45) is 4.99 Å². The molecule has 0 amide bonds. The Hall–Kier alpha value is -1.24. The molecule has 3 rings (SSSR count). The Morgan fingerprint density at radius 2 is 1.96 bits per heavy atom. The number of nitrogens with one attached hydrogen (secondary N) is 1. The van der Waals surface area contributed by atoms with E-state index in [4.69, 9.17) is 4.99 Å². The lowest BCUT2D eigenvalue weighted by molar-refractivity contribution is 0.492. The molecule has 5 heteroatoms. The summed E-state index contributed by atoms with van der Waals surface area (Å²) >= 11 is 0. The van der Waals surface area contributed by atoms with Gasteiger partial charge in [-0.3, -0.25) is 4.99 Å². The minimum atomic E-state index is 0. The third-order valence-corrected chi connectivity index (χ3v) is 4.24. The lowest BCUT2D eigenvalue weighted by atomic mass is 10.2. The molecule has 1 aromatic heterocycles. The van der Waals surface area contributed by atoms with Crippen LogP contribution >= 0.6 is 24.0 Å². The molecule has 0 radical (unpaired) electrons. The Morgan fingerprint density at radius 1 is 1.17 bits per heavy atom. The number of halogens is 1. The average molecular weight is 426 g/mol. The van der Waals surface area contributed by atoms with Crippen LogP contribution in [0.15, 0.2) is 41.5 Å². The quantitative estimate of drug-likeness (QED) is 0.342. The molecule has 1 fully saturated rings. The predicted octanol–water partition coefficient (Wildman–Crippen LogP) is 3.71. The summed E-state index contributed by atoms with van der Waals surface area (Å²) in [6, 6.07) is 10.7. The van der Waals surface area contributed by atoms with Crippen molar-refractivity contribution in [3.8, 4) is 0 Å². The second-order valence-corrected chi connectivity index (χ2v) is 5.85. The fourth-order valence-electron chi connectivity index (χ4n) is 3.12. The molecule has 1 aliphatic heterocycles. The van der Waals surface area contributed by atoms with Crippen LogP contribution in [0.2, 0.25) is 0 Å². The predicted molar refractivity (Wildman–Crippen MR) is 109 cm³/mol. The molecule has 0 atom stereocenters. The summed E-state index contributed by atoms with van der Waals surface area (Å²) in [4.78, 5) is 7.18. The first-order valence-electron chi connectivity index (χ1n) is 8.45. The van der Waals surface area contributed by atoms with Crippen LogP contribution in [0, 0.1) is 0 Å². The molecule has 0 saturated carbocycles. The van der Waals surface area contributed by atoms with Crippen molar-refractivity contribution >= 4 is 40.8 Å². The zero-order valence-corrected chi connectivity index (χ0v) is 16.2. The monoisotopic (exact) mass is 426 g/mol. The molecule has 126 valence electrons. The van der Waals surface area contributed by atoms with Crippen LogP contribution in [0.4, 0.5) is 0 Å². The SMILES string of the molecule is CCNC(=NCCCn1ccc2ccccc21)N1CCCC1.I. The average Bonchev–Trinajstić information content (AvgIpc) is 3.20. The molecule has 0 spiro atoms. The van der Waals surface area contributed by atoms with Gasteiger partial charge in [-0.1, -0.05) is 18.2 Å². The first kappa shape index (κ1) is 18.1. The van der Waals surface area contributed by atoms with E-state index < -0.39 is 0 Å². The fourth-order valence-corrected chi connectivity index (χ4v) is 3.12. The molecule has 0 bridgehead atoms. The van der Waals surface area contributed by atoms with E-state index in [1.54, 1.807) is 0 Å². The number of rotatable bonds is 5. The number of para-hydroxylation sites is 1. The first-order valence-corrected chi connectivity index (χ1v) is 8.45. The van der Waals surface area contributed by atoms with Crippen molar-refractivity contribution in [3.63, 3.8) is 0 Å². The number of guanidine groups is 1. The Balaban J connectivity index is 0.00000192. The van der Waals surface area contributed by atoms with Crippen LogP contribution in [0.1, 0.15) is 26.2 Å². The number of aromatic nitrogens is 1. The van der Waals surface area contributed by atoms with Gasteiger partial charge >= 0.3 is 0 Å². The maximum Gasteiger partial charge on any atom is 0.193 e. The Kier molecular flexibility index (Phi) is 7.20. The zero-order valence-electron chi connectivity index (χ0n) is 13.9. The molecule has 1 aliphatic rings. The van der Waals surface area contributed by atoms with Gasteiger partial charge in [0.1, 0.15) is 0 Å². The molecule has 23 heavy (non-hydrogen) atoms. The van der Waals surface area contributed by atoms with Crippen LogP contribution in [0.5, 0.6) is 0 Å². The maximum atomic E-state index is 4.79. The van der Waals surface area contributed by atoms with Crippen molar-refractivity contribution in [2.75, 3.05) is 26.2 Å². The van der Waals surface area contributed by atoms with Crippen molar-refractivity contribution in [1.29, 1.82) is 0 Å². The summed E-state index contributed by atoms with van der Waals surface area (Å²) < 4.78 is 2.33. The molecule has 1 N–H and O–H groups in total. The highest BCUT2D eigenvalue weighted by atomic mass is 127. The van der Waals surface area contributed by atoms with Gasteiger partial charge in [0, 0.05) is 44.4 Å². The smallest absolute Gasteiger partial charge is 0.193 e. The summed E-state index contributed by atoms with van der Waals surface area (Å²) in [6.07, 6.45) is 5.83. The van der Waals surface area contributed by atoms with E-state index in [0.717, 1.165) is 45.1 Å². The van der Waals surface area contributed by atoms with Gasteiger partial charge in [-0.2, -0.15) is 0 Å². The minimum absolute atomic E-state index is 0. The number of likely N-dealkylation sites (tertiary alicyclic amines) is 1. The van der Waals surface area contributed by atoms with E-state index in [9.17, 15) is 0 Å². The Labute approximate surface area is 156 Å². The highest BCUT2D eigenvalue weighted by Crippen LogP contribution is 2.15. The molecule has 1 saturated heterocycles. The highest BCUT2D eigenvalue weighted by molar-refractivity contribution is 14.0. The molecule has 4 nitrogen and oxygen atoms in total. The Morgan fingerprint density at radius 3 is 2.74 bits per heavy atom. The van der Waals surface area contributed by atoms with Gasteiger partial charge in [0.15, 0.2) is 5.96 Å². The molecular formula is C18H27IN4. The molecule has 2 aromatic rings. The van der Waals surface area contributed by atoms with Crippen molar-refractivity contribution in [3.05, 3.63) is 36.5 Å². The van der Waals surface area contributed by atoms with Gasteiger partial charge in [0.2, 0.25) is 0 Å². The van der Waals surface area contributed by atoms with Gasteiger partial charge < -0.3 is 14.8 Å². The number of aryl methyl sites for hydroxylation is 1. The van der Waals surface area contributed by atoms with Crippen molar-refractivity contribution in [2.45, 2.75) is 32.7 Å². The number of hydrogen-bond donors (Lipinski definition) is 1. The fraction of sp³-hybridized carbons (Fsp3) is 0.500. The van der Waals surface area contributed by atoms with Crippen LogP contribution in [-0.2, 0) is 6.54 Å². The summed E-state index contributed by atoms with van der Waals surface area (Å²) in [7, 11) is 0. The molecular weight excluding hydrogens is 399 g/mol. The van der Waals surface area contributed by atoms with E-state index in [1.165, 1.54) is 23.7 Å². The van der Waals surface area contributed by atoms with Gasteiger partial charge in [-0.05, 0) is 43.7 Å². The number of benzene rings is 1. The Bertz CT molecular complexity index is 629. The standard InChI is InChI=1S/C18H26N4.HI/c1-2-19-18(22-12-5-6-13-22)20-11-7-14-21-15-10-16-8-3-4-9-17(16)21;/h3-4,8-10,15H,2,5-7,11-14H2,1H3,(H,19,20);1H. The van der Waals surface area contributed by atoms with Crippen LogP contribution in [0.25, 0.3) is 10.9 Å². The second kappa shape index (κ2) is 9.15. The van der Waals surface area contributed by atoms with Crippen molar-refractivity contribution in [1.82, 2.24) is 14.8 Å². The number of hydrogen-bond acceptors (Lipinski definition) is 1. The summed E-state index contributed by atoms with van der Waals surface area (Å²) in [5.74, 6) is 1.09. The van der Waals surface area contributed by atoms with E-state index in [2.05, 4.69) is 58.2 Å². The molecule has 1 aromatic carbocycles. The molecule has 0 unspecified atom stereocenters. The van der Waals surface area contributed by atoms with Gasteiger partial charge in [-0.15, -0.1) is 24.0 Å². The lowest BCUT2D eigenvalue weighted by Gasteiger charge is -2.20. The largest absolute Gasteiger partial charge is 0.357 e. The normalized spacial score (nSPS) is 15.0. The van der Waals surface area contributed by atoms with E-state index >= 15 is 0 Å². The van der Waals surface area contributed by atoms with Gasteiger partial charge in [0.25, 0.3) is 0 Å². The van der Waals surface area contributed by atoms with E-state index in [0.29, 0.717) is 0 Å². The zero-order chi connectivity index (χ0) is 15.2. The van der Waals surface area contributed by atoms with Crippen LogP contribution in [0.3, 0.4) is 0 Å². The second-order valence-electron chi connectivity index (χ2n) is 5.85. The van der Waals surface area contributed by atoms with Crippen LogP contribution < -0.4 is 5.32 Å². The maximum absolute atomic E-state index is 4.79. The molecule has 0 aliphatic carbocycles. The first-order chi connectivity index (χ1) is 10.9. The molecule has 2 heterocycles. The van der Waals surface area contributed by atoms with E-state index in [1.807, 2.05) is 0 Å². The van der Waals surface area contributed by atoms with Crippen molar-refractivity contribution < 1.29 is 0 Å². The minimum Gasteiger partial charge on any atom is -0.357 e. The summed E-state index contributed by atoms with van der Waals surface area (Å²) in [5, 5.41) is 4.73. The third kappa shape index (κ3) is 4.62. The lowest BCUT2D eigenvalue weighted by Crippen LogP contribution is -2.39. The summed E-state index contributed by atoms with van der Waals surface area (Å²) in [5.41, 5.74) is 1.32. The van der Waals surface area contributed by atoms with Crippen LogP contribution in [-0.4, -0.2) is 41.6 Å². The topological polar surface area (TPSA) is 32.6 Å². The number of fused-ring (bicyclic) bond motifs is 1. The van der Waals surface area contributed by atoms with Gasteiger partial charge in [0.05, 0.1) is 0 Å². The number of nitrogens with zero attached hydrogens (tertiary/aromatic N) is 3.